The standard InChI is InChI=1S/C18H16F3N3S/c19-18(20,21)15-11-25-17(23-15)13-5-3-9-24(10-13)16-8-7-12-4-1-2-6-14(12)22-16/h1-2,4,6-8,11,13H,3,5,9-10H2. The molecule has 1 fully saturated rings. The molecular weight excluding hydrogens is 347 g/mol. The van der Waals surface area contributed by atoms with Gasteiger partial charge in [0.1, 0.15) is 5.82 Å². The Labute approximate surface area is 147 Å². The van der Waals surface area contributed by atoms with Crippen molar-refractivity contribution < 1.29 is 13.2 Å². The summed E-state index contributed by atoms with van der Waals surface area (Å²) in [6.45, 7) is 1.51. The van der Waals surface area contributed by atoms with E-state index in [4.69, 9.17) is 4.98 Å². The number of halogens is 3. The highest BCUT2D eigenvalue weighted by Gasteiger charge is 2.35. The largest absolute Gasteiger partial charge is 0.434 e. The monoisotopic (exact) mass is 363 g/mol. The molecule has 4 rings (SSSR count). The van der Waals surface area contributed by atoms with E-state index in [2.05, 4.69) is 9.88 Å². The summed E-state index contributed by atoms with van der Waals surface area (Å²) in [4.78, 5) is 10.7. The Morgan fingerprint density at radius 3 is 2.72 bits per heavy atom. The normalized spacial score (nSPS) is 18.7. The Balaban J connectivity index is 1.56. The van der Waals surface area contributed by atoms with Crippen LogP contribution in [0.25, 0.3) is 10.9 Å². The molecule has 0 N–H and O–H groups in total. The Morgan fingerprint density at radius 1 is 1.08 bits per heavy atom. The minimum Gasteiger partial charge on any atom is -0.356 e. The van der Waals surface area contributed by atoms with Crippen LogP contribution >= 0.6 is 11.3 Å². The van der Waals surface area contributed by atoms with Crippen molar-refractivity contribution in [2.75, 3.05) is 18.0 Å². The van der Waals surface area contributed by atoms with Gasteiger partial charge in [-0.25, -0.2) is 9.97 Å². The van der Waals surface area contributed by atoms with Gasteiger partial charge in [-0.15, -0.1) is 11.3 Å². The molecule has 1 unspecified atom stereocenters. The number of aromatic nitrogens is 2. The van der Waals surface area contributed by atoms with E-state index in [1.807, 2.05) is 36.4 Å². The van der Waals surface area contributed by atoms with Crippen LogP contribution in [-0.4, -0.2) is 23.1 Å². The number of thiazole rings is 1. The van der Waals surface area contributed by atoms with E-state index >= 15 is 0 Å². The number of alkyl halides is 3. The molecule has 0 bridgehead atoms. The quantitative estimate of drug-likeness (QED) is 0.635. The molecule has 1 aromatic carbocycles. The third-order valence-electron chi connectivity index (χ3n) is 4.49. The number of fused-ring (bicyclic) bond motifs is 1. The molecule has 2 aromatic heterocycles. The van der Waals surface area contributed by atoms with Crippen LogP contribution < -0.4 is 4.90 Å². The van der Waals surface area contributed by atoms with Crippen LogP contribution in [0.4, 0.5) is 19.0 Å². The first-order chi connectivity index (χ1) is 12.0. The van der Waals surface area contributed by atoms with E-state index in [1.54, 1.807) is 0 Å². The maximum atomic E-state index is 12.8. The van der Waals surface area contributed by atoms with Crippen LogP contribution in [0.2, 0.25) is 0 Å². The summed E-state index contributed by atoms with van der Waals surface area (Å²) in [6, 6.07) is 11.9. The van der Waals surface area contributed by atoms with E-state index in [0.717, 1.165) is 52.8 Å². The number of hydrogen-bond donors (Lipinski definition) is 0. The Bertz CT molecular complexity index is 890. The van der Waals surface area contributed by atoms with Gasteiger partial charge in [-0.1, -0.05) is 18.2 Å². The van der Waals surface area contributed by atoms with Crippen LogP contribution in [0.5, 0.6) is 0 Å². The minimum absolute atomic E-state index is 0.0168. The van der Waals surface area contributed by atoms with Crippen molar-refractivity contribution in [2.45, 2.75) is 24.9 Å². The van der Waals surface area contributed by atoms with E-state index in [0.29, 0.717) is 11.6 Å². The summed E-state index contributed by atoms with van der Waals surface area (Å²) in [5.41, 5.74) is 0.143. The molecule has 0 amide bonds. The van der Waals surface area contributed by atoms with Crippen LogP contribution in [0.15, 0.2) is 41.8 Å². The molecule has 7 heteroatoms. The van der Waals surface area contributed by atoms with Crippen molar-refractivity contribution in [1.29, 1.82) is 0 Å². The highest BCUT2D eigenvalue weighted by atomic mass is 32.1. The van der Waals surface area contributed by atoms with E-state index in [-0.39, 0.29) is 5.92 Å². The fourth-order valence-electron chi connectivity index (χ4n) is 3.22. The van der Waals surface area contributed by atoms with Crippen LogP contribution in [0, 0.1) is 0 Å². The van der Waals surface area contributed by atoms with Gasteiger partial charge in [0.15, 0.2) is 5.69 Å². The maximum Gasteiger partial charge on any atom is 0.434 e. The van der Waals surface area contributed by atoms with Crippen molar-refractivity contribution in [1.82, 2.24) is 9.97 Å². The zero-order valence-electron chi connectivity index (χ0n) is 13.3. The molecule has 0 saturated carbocycles. The molecule has 0 aliphatic carbocycles. The zero-order valence-corrected chi connectivity index (χ0v) is 14.1. The number of hydrogen-bond acceptors (Lipinski definition) is 4. The molecule has 1 atom stereocenters. The molecule has 130 valence electrons. The van der Waals surface area contributed by atoms with Gasteiger partial charge in [0.05, 0.1) is 10.5 Å². The Morgan fingerprint density at radius 2 is 1.92 bits per heavy atom. The summed E-state index contributed by atoms with van der Waals surface area (Å²) >= 11 is 1.10. The molecular formula is C18H16F3N3S. The van der Waals surface area contributed by atoms with Gasteiger partial charge < -0.3 is 4.90 Å². The molecule has 1 aliphatic rings. The predicted octanol–water partition coefficient (Wildman–Crippen LogP) is 5.09. The average molecular weight is 363 g/mol. The van der Waals surface area contributed by atoms with Crippen molar-refractivity contribution in [3.8, 4) is 0 Å². The lowest BCUT2D eigenvalue weighted by atomic mass is 9.98. The molecule has 1 saturated heterocycles. The van der Waals surface area contributed by atoms with Crippen molar-refractivity contribution in [3.05, 3.63) is 52.5 Å². The van der Waals surface area contributed by atoms with Crippen LogP contribution in [-0.2, 0) is 6.18 Å². The van der Waals surface area contributed by atoms with E-state index < -0.39 is 11.9 Å². The number of benzene rings is 1. The molecule has 0 spiro atoms. The number of para-hydroxylation sites is 1. The van der Waals surface area contributed by atoms with E-state index in [9.17, 15) is 13.2 Å². The summed E-state index contributed by atoms with van der Waals surface area (Å²) in [6.07, 6.45) is -2.60. The highest BCUT2D eigenvalue weighted by Crippen LogP contribution is 2.35. The zero-order chi connectivity index (χ0) is 17.4. The van der Waals surface area contributed by atoms with Crippen molar-refractivity contribution >= 4 is 28.1 Å². The van der Waals surface area contributed by atoms with Crippen molar-refractivity contribution in [2.24, 2.45) is 0 Å². The minimum atomic E-state index is -4.37. The Kier molecular flexibility index (Phi) is 4.11. The first kappa shape index (κ1) is 16.3. The lowest BCUT2D eigenvalue weighted by Gasteiger charge is -2.32. The van der Waals surface area contributed by atoms with Gasteiger partial charge in [0.25, 0.3) is 0 Å². The molecule has 3 nitrogen and oxygen atoms in total. The summed E-state index contributed by atoms with van der Waals surface area (Å²) in [5.74, 6) is 0.888. The van der Waals surface area contributed by atoms with Crippen LogP contribution in [0.3, 0.4) is 0 Å². The lowest BCUT2D eigenvalue weighted by Crippen LogP contribution is -2.34. The summed E-state index contributed by atoms with van der Waals surface area (Å²) in [7, 11) is 0. The summed E-state index contributed by atoms with van der Waals surface area (Å²) in [5, 5.41) is 2.76. The number of rotatable bonds is 2. The third kappa shape index (κ3) is 3.33. The van der Waals surface area contributed by atoms with Gasteiger partial charge in [-0.3, -0.25) is 0 Å². The van der Waals surface area contributed by atoms with Gasteiger partial charge in [-0.2, -0.15) is 13.2 Å². The SMILES string of the molecule is FC(F)(F)c1csc(C2CCCN(c3ccc4ccccc4n3)C2)n1. The molecule has 3 aromatic rings. The maximum absolute atomic E-state index is 12.8. The third-order valence-corrected chi connectivity index (χ3v) is 5.50. The average Bonchev–Trinajstić information content (AvgIpc) is 3.12. The van der Waals surface area contributed by atoms with Gasteiger partial charge in [-0.05, 0) is 31.0 Å². The lowest BCUT2D eigenvalue weighted by molar-refractivity contribution is -0.140. The topological polar surface area (TPSA) is 29.0 Å². The second kappa shape index (κ2) is 6.29. The second-order valence-corrected chi connectivity index (χ2v) is 7.11. The first-order valence-electron chi connectivity index (χ1n) is 8.14. The molecule has 1 aliphatic heterocycles. The Hall–Kier alpha value is -2.15. The van der Waals surface area contributed by atoms with E-state index in [1.165, 1.54) is 0 Å². The molecule has 3 heterocycles. The number of pyridine rings is 1. The summed E-state index contributed by atoms with van der Waals surface area (Å²) < 4.78 is 38.3. The second-order valence-electron chi connectivity index (χ2n) is 6.22. The number of nitrogens with zero attached hydrogens (tertiary/aromatic N) is 3. The number of anilines is 1. The van der Waals surface area contributed by atoms with Gasteiger partial charge in [0, 0.05) is 29.8 Å². The molecule has 0 radical (unpaired) electrons. The molecule has 25 heavy (non-hydrogen) atoms. The smallest absolute Gasteiger partial charge is 0.356 e. The fourth-order valence-corrected chi connectivity index (χ4v) is 4.18. The van der Waals surface area contributed by atoms with Gasteiger partial charge in [0.2, 0.25) is 0 Å². The highest BCUT2D eigenvalue weighted by molar-refractivity contribution is 7.09. The van der Waals surface area contributed by atoms with Crippen molar-refractivity contribution in [3.63, 3.8) is 0 Å². The predicted molar refractivity (Wildman–Crippen MR) is 93.0 cm³/mol. The first-order valence-corrected chi connectivity index (χ1v) is 9.02. The van der Waals surface area contributed by atoms with Gasteiger partial charge >= 0.3 is 6.18 Å². The fraction of sp³-hybridized carbons (Fsp3) is 0.333. The number of piperidine rings is 1. The van der Waals surface area contributed by atoms with Crippen LogP contribution in [0.1, 0.15) is 29.5 Å².